The summed E-state index contributed by atoms with van der Waals surface area (Å²) in [4.78, 5) is 11.7. The van der Waals surface area contributed by atoms with Crippen molar-refractivity contribution in [1.82, 2.24) is 0 Å². The molecule has 0 aliphatic heterocycles. The minimum atomic E-state index is -0.541. The second-order valence-electron chi connectivity index (χ2n) is 3.95. The zero-order valence-corrected chi connectivity index (χ0v) is 10.6. The highest BCUT2D eigenvalue weighted by molar-refractivity contribution is 7.94. The van der Waals surface area contributed by atoms with E-state index >= 15 is 0 Å². The third kappa shape index (κ3) is 4.10. The topological polar surface area (TPSA) is 76.1 Å². The third-order valence-corrected chi connectivity index (χ3v) is 2.72. The first-order chi connectivity index (χ1) is 8.04. The van der Waals surface area contributed by atoms with Crippen LogP contribution in [0.5, 0.6) is 0 Å². The van der Waals surface area contributed by atoms with Crippen LogP contribution in [0.2, 0.25) is 0 Å². The molecule has 0 bridgehead atoms. The van der Waals surface area contributed by atoms with Crippen LogP contribution in [-0.2, 0) is 4.18 Å². The van der Waals surface area contributed by atoms with Crippen LogP contribution in [0.1, 0.15) is 29.8 Å². The Balaban J connectivity index is 2.79. The molecule has 4 nitrogen and oxygen atoms in total. The first kappa shape index (κ1) is 13.6. The molecule has 1 rings (SSSR count). The molecular weight excluding hydrogens is 236 g/mol. The number of nitrogens with zero attached hydrogens (tertiary/aromatic N) is 1. The second-order valence-corrected chi connectivity index (χ2v) is 4.79. The number of nitriles is 1. The minimum Gasteiger partial charge on any atom is -0.366 e. The van der Waals surface area contributed by atoms with Gasteiger partial charge in [-0.05, 0) is 24.1 Å². The van der Waals surface area contributed by atoms with Gasteiger partial charge in [-0.1, -0.05) is 13.8 Å². The number of carbonyl (C=O) groups excluding carboxylic acids is 1. The smallest absolute Gasteiger partial charge is 0.248 e. The van der Waals surface area contributed by atoms with Gasteiger partial charge in [0.15, 0.2) is 0 Å². The van der Waals surface area contributed by atoms with Gasteiger partial charge < -0.3 is 9.92 Å². The summed E-state index contributed by atoms with van der Waals surface area (Å²) in [6, 6.07) is 6.75. The van der Waals surface area contributed by atoms with Gasteiger partial charge in [-0.2, -0.15) is 5.26 Å². The van der Waals surface area contributed by atoms with E-state index in [1.54, 1.807) is 12.1 Å². The molecule has 17 heavy (non-hydrogen) atoms. The predicted molar refractivity (Wildman–Crippen MR) is 66.3 cm³/mol. The summed E-state index contributed by atoms with van der Waals surface area (Å²) < 4.78 is 5.37. The van der Waals surface area contributed by atoms with E-state index in [1.807, 2.05) is 19.9 Å². The Morgan fingerprint density at radius 2 is 2.29 bits per heavy atom. The lowest BCUT2D eigenvalue weighted by molar-refractivity contribution is 0.1000. The molecule has 0 atom stereocenters. The fourth-order valence-corrected chi connectivity index (χ4v) is 1.86. The lowest BCUT2D eigenvalue weighted by Gasteiger charge is -2.07. The van der Waals surface area contributed by atoms with E-state index in [4.69, 9.17) is 15.2 Å². The maximum atomic E-state index is 11.0. The van der Waals surface area contributed by atoms with Crippen LogP contribution in [-0.4, -0.2) is 12.5 Å². The van der Waals surface area contributed by atoms with Gasteiger partial charge in [0.1, 0.15) is 6.07 Å². The molecule has 0 aliphatic rings. The minimum absolute atomic E-state index is 0.328. The molecule has 0 radical (unpaired) electrons. The number of nitrogens with two attached hydrogens (primary N) is 1. The zero-order valence-electron chi connectivity index (χ0n) is 9.77. The average molecular weight is 250 g/mol. The van der Waals surface area contributed by atoms with Crippen molar-refractivity contribution >= 4 is 17.9 Å². The number of hydrogen-bond donors (Lipinski definition) is 1. The SMILES string of the molecule is CC(C)COSc1ccc(C(N)=O)cc1C#N. The van der Waals surface area contributed by atoms with Crippen molar-refractivity contribution in [2.75, 3.05) is 6.61 Å². The molecule has 0 spiro atoms. The molecule has 5 heteroatoms. The van der Waals surface area contributed by atoms with E-state index < -0.39 is 5.91 Å². The normalized spacial score (nSPS) is 10.2. The highest BCUT2D eigenvalue weighted by atomic mass is 32.2. The summed E-state index contributed by atoms with van der Waals surface area (Å²) in [5.41, 5.74) is 5.87. The van der Waals surface area contributed by atoms with Gasteiger partial charge in [0.2, 0.25) is 5.91 Å². The standard InChI is InChI=1S/C12H14N2O2S/c1-8(2)7-16-17-11-4-3-9(12(14)15)5-10(11)6-13/h3-5,8H,7H2,1-2H3,(H2,14,15). The van der Waals surface area contributed by atoms with Crippen LogP contribution < -0.4 is 5.73 Å². The monoisotopic (exact) mass is 250 g/mol. The van der Waals surface area contributed by atoms with E-state index in [9.17, 15) is 4.79 Å². The molecule has 0 saturated heterocycles. The van der Waals surface area contributed by atoms with Crippen LogP contribution in [0.4, 0.5) is 0 Å². The van der Waals surface area contributed by atoms with Crippen LogP contribution in [0.15, 0.2) is 23.1 Å². The number of primary amides is 1. The summed E-state index contributed by atoms with van der Waals surface area (Å²) >= 11 is 1.15. The first-order valence-electron chi connectivity index (χ1n) is 5.18. The fraction of sp³-hybridized carbons (Fsp3) is 0.333. The fourth-order valence-electron chi connectivity index (χ4n) is 1.08. The molecule has 0 unspecified atom stereocenters. The number of benzene rings is 1. The second kappa shape index (κ2) is 6.28. The number of rotatable bonds is 5. The van der Waals surface area contributed by atoms with Gasteiger partial charge in [-0.15, -0.1) is 0 Å². The quantitative estimate of drug-likeness (QED) is 0.814. The zero-order chi connectivity index (χ0) is 12.8. The largest absolute Gasteiger partial charge is 0.366 e. The molecule has 0 fully saturated rings. The Hall–Kier alpha value is -1.51. The van der Waals surface area contributed by atoms with Gasteiger partial charge in [-0.3, -0.25) is 4.79 Å². The Bertz CT molecular complexity index is 452. The summed E-state index contributed by atoms with van der Waals surface area (Å²) in [5, 5.41) is 8.96. The number of amides is 1. The first-order valence-corrected chi connectivity index (χ1v) is 5.92. The summed E-state index contributed by atoms with van der Waals surface area (Å²) in [6.07, 6.45) is 0. The number of hydrogen-bond acceptors (Lipinski definition) is 4. The Morgan fingerprint density at radius 1 is 1.59 bits per heavy atom. The van der Waals surface area contributed by atoms with E-state index in [0.29, 0.717) is 28.5 Å². The van der Waals surface area contributed by atoms with Crippen molar-refractivity contribution in [3.63, 3.8) is 0 Å². The Labute approximate surface area is 105 Å². The predicted octanol–water partition coefficient (Wildman–Crippen LogP) is 2.34. The molecule has 0 heterocycles. The average Bonchev–Trinajstić information content (AvgIpc) is 2.28. The van der Waals surface area contributed by atoms with Crippen molar-refractivity contribution < 1.29 is 8.98 Å². The maximum Gasteiger partial charge on any atom is 0.248 e. The molecule has 90 valence electrons. The van der Waals surface area contributed by atoms with Gasteiger partial charge in [0.25, 0.3) is 0 Å². The third-order valence-electron chi connectivity index (χ3n) is 1.93. The molecule has 0 aromatic heterocycles. The maximum absolute atomic E-state index is 11.0. The van der Waals surface area contributed by atoms with E-state index in [1.165, 1.54) is 6.07 Å². The van der Waals surface area contributed by atoms with Gasteiger partial charge >= 0.3 is 0 Å². The van der Waals surface area contributed by atoms with Crippen molar-refractivity contribution in [2.45, 2.75) is 18.7 Å². The van der Waals surface area contributed by atoms with Crippen LogP contribution in [0, 0.1) is 17.2 Å². The number of carbonyl (C=O) groups is 1. The van der Waals surface area contributed by atoms with Gasteiger partial charge in [0.05, 0.1) is 17.1 Å². The van der Waals surface area contributed by atoms with Crippen LogP contribution >= 0.6 is 12.0 Å². The lowest BCUT2D eigenvalue weighted by atomic mass is 10.1. The molecule has 0 saturated carbocycles. The van der Waals surface area contributed by atoms with Crippen LogP contribution in [0.25, 0.3) is 0 Å². The summed E-state index contributed by atoms with van der Waals surface area (Å²) in [6.45, 7) is 4.69. The van der Waals surface area contributed by atoms with Crippen molar-refractivity contribution in [3.8, 4) is 6.07 Å². The Morgan fingerprint density at radius 3 is 2.82 bits per heavy atom. The van der Waals surface area contributed by atoms with E-state index in [0.717, 1.165) is 12.0 Å². The van der Waals surface area contributed by atoms with Crippen molar-refractivity contribution in [2.24, 2.45) is 11.7 Å². The Kier molecular flexibility index (Phi) is 5.01. The summed E-state index contributed by atoms with van der Waals surface area (Å²) in [5.74, 6) is -0.112. The van der Waals surface area contributed by atoms with Crippen LogP contribution in [0.3, 0.4) is 0 Å². The van der Waals surface area contributed by atoms with E-state index in [2.05, 4.69) is 0 Å². The molecule has 1 aromatic carbocycles. The van der Waals surface area contributed by atoms with E-state index in [-0.39, 0.29) is 0 Å². The van der Waals surface area contributed by atoms with Gasteiger partial charge in [0, 0.05) is 17.6 Å². The van der Waals surface area contributed by atoms with Gasteiger partial charge in [-0.25, -0.2) is 0 Å². The molecule has 1 aromatic rings. The molecular formula is C12H14N2O2S. The molecule has 0 aliphatic carbocycles. The summed E-state index contributed by atoms with van der Waals surface area (Å²) in [7, 11) is 0. The molecule has 1 amide bonds. The molecule has 2 N–H and O–H groups in total. The lowest BCUT2D eigenvalue weighted by Crippen LogP contribution is -2.11. The highest BCUT2D eigenvalue weighted by Crippen LogP contribution is 2.24. The highest BCUT2D eigenvalue weighted by Gasteiger charge is 2.08. The van der Waals surface area contributed by atoms with Crippen molar-refractivity contribution in [1.29, 1.82) is 5.26 Å². The van der Waals surface area contributed by atoms with Crippen molar-refractivity contribution in [3.05, 3.63) is 29.3 Å².